The summed E-state index contributed by atoms with van der Waals surface area (Å²) >= 11 is 5.85. The van der Waals surface area contributed by atoms with Crippen molar-refractivity contribution in [3.05, 3.63) is 30.1 Å². The minimum atomic E-state index is -0.566. The van der Waals surface area contributed by atoms with Crippen LogP contribution in [0.5, 0.6) is 0 Å². The van der Waals surface area contributed by atoms with Gasteiger partial charge in [-0.25, -0.2) is 9.99 Å². The van der Waals surface area contributed by atoms with Crippen molar-refractivity contribution in [2.45, 2.75) is 31.4 Å². The first-order valence-electron chi connectivity index (χ1n) is 7.38. The lowest BCUT2D eigenvalue weighted by Crippen LogP contribution is -2.67. The number of β-lactam (4-membered cyclic amide) rings is 1. The summed E-state index contributed by atoms with van der Waals surface area (Å²) in [7, 11) is 1.82. The van der Waals surface area contributed by atoms with Crippen molar-refractivity contribution in [3.63, 3.8) is 0 Å². The van der Waals surface area contributed by atoms with E-state index in [0.717, 1.165) is 16.9 Å². The van der Waals surface area contributed by atoms with Crippen LogP contribution in [0.25, 0.3) is 11.0 Å². The van der Waals surface area contributed by atoms with Crippen LogP contribution in [0, 0.1) is 0 Å². The van der Waals surface area contributed by atoms with E-state index in [1.54, 1.807) is 6.92 Å². The molecule has 0 aliphatic carbocycles. The summed E-state index contributed by atoms with van der Waals surface area (Å²) in [6, 6.07) is 7.43. The van der Waals surface area contributed by atoms with E-state index in [2.05, 4.69) is 15.7 Å². The molecule has 122 valence electrons. The molecule has 2 heterocycles. The molecule has 2 atom stereocenters. The third-order valence-electron chi connectivity index (χ3n) is 3.92. The SMILES string of the molecule is CNCc1nc2ccccc2n1CC(=O)NN1C(=O)C(Cl)C1C. The first-order valence-corrected chi connectivity index (χ1v) is 7.82. The number of fused-ring (bicyclic) bond motifs is 1. The lowest BCUT2D eigenvalue weighted by Gasteiger charge is -2.41. The van der Waals surface area contributed by atoms with Crippen LogP contribution in [-0.4, -0.2) is 44.8 Å². The lowest BCUT2D eigenvalue weighted by molar-refractivity contribution is -0.155. The van der Waals surface area contributed by atoms with E-state index in [-0.39, 0.29) is 24.4 Å². The topological polar surface area (TPSA) is 79.3 Å². The van der Waals surface area contributed by atoms with Gasteiger partial charge in [-0.1, -0.05) is 12.1 Å². The first kappa shape index (κ1) is 15.8. The van der Waals surface area contributed by atoms with E-state index in [1.807, 2.05) is 35.9 Å². The molecule has 1 fully saturated rings. The average molecular weight is 336 g/mol. The van der Waals surface area contributed by atoms with Gasteiger partial charge in [-0.3, -0.25) is 15.0 Å². The largest absolute Gasteiger partial charge is 0.317 e. The Morgan fingerprint density at radius 2 is 2.13 bits per heavy atom. The van der Waals surface area contributed by atoms with E-state index in [4.69, 9.17) is 11.6 Å². The number of halogens is 1. The van der Waals surface area contributed by atoms with Crippen molar-refractivity contribution in [2.75, 3.05) is 7.05 Å². The van der Waals surface area contributed by atoms with Gasteiger partial charge in [0.1, 0.15) is 17.7 Å². The molecule has 0 bridgehead atoms. The standard InChI is InChI=1S/C15H18ClN5O2/c1-9-14(16)15(23)21(9)19-13(22)8-20-11-6-4-3-5-10(11)18-12(20)7-17-2/h3-6,9,14,17H,7-8H2,1-2H3,(H,19,22). The smallest absolute Gasteiger partial charge is 0.261 e. The monoisotopic (exact) mass is 335 g/mol. The van der Waals surface area contributed by atoms with Gasteiger partial charge in [0.15, 0.2) is 0 Å². The second kappa shape index (κ2) is 6.17. The number of hydrazine groups is 1. The Morgan fingerprint density at radius 3 is 2.83 bits per heavy atom. The number of carbonyl (C=O) groups is 2. The fourth-order valence-corrected chi connectivity index (χ4v) is 2.87. The molecule has 1 aliphatic heterocycles. The maximum atomic E-state index is 12.3. The number of hydrogen-bond donors (Lipinski definition) is 2. The number of benzene rings is 1. The molecule has 3 rings (SSSR count). The fourth-order valence-electron chi connectivity index (χ4n) is 2.65. The van der Waals surface area contributed by atoms with Gasteiger partial charge >= 0.3 is 0 Å². The first-order chi connectivity index (χ1) is 11.0. The highest BCUT2D eigenvalue weighted by atomic mass is 35.5. The zero-order valence-corrected chi connectivity index (χ0v) is 13.7. The summed E-state index contributed by atoms with van der Waals surface area (Å²) in [5.74, 6) is 0.204. The minimum absolute atomic E-state index is 0.0843. The molecule has 8 heteroatoms. The highest BCUT2D eigenvalue weighted by molar-refractivity contribution is 6.33. The number of imidazole rings is 1. The summed E-state index contributed by atoms with van der Waals surface area (Å²) in [5, 5.41) is 3.75. The zero-order chi connectivity index (χ0) is 16.6. The molecule has 0 spiro atoms. The van der Waals surface area contributed by atoms with E-state index >= 15 is 0 Å². The number of para-hydroxylation sites is 2. The van der Waals surface area contributed by atoms with Gasteiger partial charge in [-0.2, -0.15) is 0 Å². The second-order valence-corrected chi connectivity index (χ2v) is 5.99. The van der Waals surface area contributed by atoms with E-state index in [9.17, 15) is 9.59 Å². The molecule has 0 radical (unpaired) electrons. The third-order valence-corrected chi connectivity index (χ3v) is 4.47. The van der Waals surface area contributed by atoms with Crippen LogP contribution in [0.4, 0.5) is 0 Å². The Labute approximate surface area is 138 Å². The third kappa shape index (κ3) is 2.77. The van der Waals surface area contributed by atoms with Gasteiger partial charge in [0, 0.05) is 0 Å². The van der Waals surface area contributed by atoms with Gasteiger partial charge in [-0.15, -0.1) is 11.6 Å². The fraction of sp³-hybridized carbons (Fsp3) is 0.400. The molecular weight excluding hydrogens is 318 g/mol. The van der Waals surface area contributed by atoms with Crippen LogP contribution >= 0.6 is 11.6 Å². The van der Waals surface area contributed by atoms with E-state index < -0.39 is 5.38 Å². The predicted molar refractivity (Wildman–Crippen MR) is 86.6 cm³/mol. The molecule has 23 heavy (non-hydrogen) atoms. The Kier molecular flexibility index (Phi) is 4.23. The van der Waals surface area contributed by atoms with Gasteiger partial charge in [0.05, 0.1) is 23.6 Å². The normalized spacial score (nSPS) is 20.7. The lowest BCUT2D eigenvalue weighted by atomic mass is 10.1. The summed E-state index contributed by atoms with van der Waals surface area (Å²) in [5.41, 5.74) is 4.32. The quantitative estimate of drug-likeness (QED) is 0.620. The van der Waals surface area contributed by atoms with Crippen LogP contribution in [0.2, 0.25) is 0 Å². The molecule has 7 nitrogen and oxygen atoms in total. The Balaban J connectivity index is 1.79. The van der Waals surface area contributed by atoms with Crippen molar-refractivity contribution in [2.24, 2.45) is 0 Å². The highest BCUT2D eigenvalue weighted by Gasteiger charge is 2.44. The van der Waals surface area contributed by atoms with Crippen LogP contribution in [0.1, 0.15) is 12.7 Å². The molecule has 0 saturated carbocycles. The van der Waals surface area contributed by atoms with Gasteiger partial charge in [0.25, 0.3) is 11.8 Å². The summed E-state index contributed by atoms with van der Waals surface area (Å²) in [4.78, 5) is 28.5. The average Bonchev–Trinajstić information content (AvgIpc) is 2.89. The highest BCUT2D eigenvalue weighted by Crippen LogP contribution is 2.22. The van der Waals surface area contributed by atoms with Crippen molar-refractivity contribution < 1.29 is 9.59 Å². The van der Waals surface area contributed by atoms with E-state index in [1.165, 1.54) is 5.01 Å². The number of rotatable bonds is 5. The van der Waals surface area contributed by atoms with Crippen LogP contribution in [-0.2, 0) is 22.7 Å². The van der Waals surface area contributed by atoms with Crippen molar-refractivity contribution in [1.29, 1.82) is 0 Å². The van der Waals surface area contributed by atoms with Crippen LogP contribution in [0.15, 0.2) is 24.3 Å². The van der Waals surface area contributed by atoms with Crippen molar-refractivity contribution in [1.82, 2.24) is 25.3 Å². The van der Waals surface area contributed by atoms with Gasteiger partial charge in [0.2, 0.25) is 0 Å². The molecule has 1 aromatic heterocycles. The van der Waals surface area contributed by atoms with Gasteiger partial charge in [-0.05, 0) is 26.1 Å². The molecule has 2 N–H and O–H groups in total. The Hall–Kier alpha value is -2.12. The number of carbonyl (C=O) groups excluding carboxylic acids is 2. The molecule has 1 aromatic carbocycles. The number of aromatic nitrogens is 2. The van der Waals surface area contributed by atoms with Gasteiger partial charge < -0.3 is 9.88 Å². The Morgan fingerprint density at radius 1 is 1.39 bits per heavy atom. The molecule has 2 aromatic rings. The number of hydrogen-bond acceptors (Lipinski definition) is 4. The number of amides is 2. The number of nitrogens with one attached hydrogen (secondary N) is 2. The number of alkyl halides is 1. The molecule has 1 aliphatic rings. The predicted octanol–water partition coefficient (Wildman–Crippen LogP) is 0.625. The minimum Gasteiger partial charge on any atom is -0.317 e. The summed E-state index contributed by atoms with van der Waals surface area (Å²) in [6.07, 6.45) is 0. The maximum Gasteiger partial charge on any atom is 0.261 e. The second-order valence-electron chi connectivity index (χ2n) is 5.52. The molecular formula is C15H18ClN5O2. The summed E-state index contributed by atoms with van der Waals surface area (Å²) < 4.78 is 1.84. The van der Waals surface area contributed by atoms with E-state index in [0.29, 0.717) is 6.54 Å². The summed E-state index contributed by atoms with van der Waals surface area (Å²) in [6.45, 7) is 2.42. The van der Waals surface area contributed by atoms with Crippen molar-refractivity contribution in [3.8, 4) is 0 Å². The maximum absolute atomic E-state index is 12.3. The number of nitrogens with zero attached hydrogens (tertiary/aromatic N) is 3. The molecule has 2 amide bonds. The van der Waals surface area contributed by atoms with Crippen LogP contribution in [0.3, 0.4) is 0 Å². The molecule has 1 saturated heterocycles. The zero-order valence-electron chi connectivity index (χ0n) is 12.9. The Bertz CT molecular complexity index is 759. The van der Waals surface area contributed by atoms with Crippen molar-refractivity contribution >= 4 is 34.4 Å². The van der Waals surface area contributed by atoms with Crippen LogP contribution < -0.4 is 10.7 Å². The molecule has 2 unspecified atom stereocenters.